The minimum atomic E-state index is -0.891. The lowest BCUT2D eigenvalue weighted by Gasteiger charge is -2.27. The number of carbonyl (C=O) groups is 2. The summed E-state index contributed by atoms with van der Waals surface area (Å²) in [6, 6.07) is 6.80. The highest BCUT2D eigenvalue weighted by Gasteiger charge is 2.42. The van der Waals surface area contributed by atoms with Crippen molar-refractivity contribution in [3.63, 3.8) is 0 Å². The maximum atomic E-state index is 12.4. The van der Waals surface area contributed by atoms with E-state index in [0.717, 1.165) is 19.3 Å². The standard InChI is InChI=1S/C15H20N2O3/c1-15(7-3-6-12(15)16)14(20)17-11-5-2-4-10(8-11)9-13(18)19/h2,4-5,8,12H,3,6-7,9,16H2,1H3,(H,17,20)(H,18,19). The largest absolute Gasteiger partial charge is 0.481 e. The Morgan fingerprint density at radius 1 is 1.50 bits per heavy atom. The SMILES string of the molecule is CC1(C(=O)Nc2cccc(CC(=O)O)c2)CCCC1N. The molecule has 2 rings (SSSR count). The van der Waals surface area contributed by atoms with E-state index in [0.29, 0.717) is 11.3 Å². The molecule has 108 valence electrons. The van der Waals surface area contributed by atoms with E-state index in [4.69, 9.17) is 10.8 Å². The second kappa shape index (κ2) is 5.63. The summed E-state index contributed by atoms with van der Waals surface area (Å²) >= 11 is 0. The van der Waals surface area contributed by atoms with Gasteiger partial charge in [-0.05, 0) is 37.5 Å². The third kappa shape index (κ3) is 2.99. The minimum absolute atomic E-state index is 0.0551. The number of aliphatic carboxylic acids is 1. The molecule has 4 N–H and O–H groups in total. The number of nitrogens with two attached hydrogens (primary N) is 1. The van der Waals surface area contributed by atoms with Crippen LogP contribution in [0.3, 0.4) is 0 Å². The third-order valence-electron chi connectivity index (χ3n) is 4.09. The molecule has 0 aromatic heterocycles. The molecule has 0 heterocycles. The number of rotatable bonds is 4. The van der Waals surface area contributed by atoms with E-state index in [2.05, 4.69) is 5.32 Å². The normalized spacial score (nSPS) is 25.4. The van der Waals surface area contributed by atoms with E-state index >= 15 is 0 Å². The van der Waals surface area contributed by atoms with Gasteiger partial charge in [-0.2, -0.15) is 0 Å². The minimum Gasteiger partial charge on any atom is -0.481 e. The molecule has 2 unspecified atom stereocenters. The highest BCUT2D eigenvalue weighted by Crippen LogP contribution is 2.37. The summed E-state index contributed by atoms with van der Waals surface area (Å²) in [7, 11) is 0. The monoisotopic (exact) mass is 276 g/mol. The van der Waals surface area contributed by atoms with Gasteiger partial charge in [0.25, 0.3) is 0 Å². The molecule has 1 aromatic rings. The van der Waals surface area contributed by atoms with Gasteiger partial charge in [0.05, 0.1) is 11.8 Å². The van der Waals surface area contributed by atoms with Gasteiger partial charge in [-0.1, -0.05) is 18.6 Å². The number of carbonyl (C=O) groups excluding carboxylic acids is 1. The summed E-state index contributed by atoms with van der Waals surface area (Å²) < 4.78 is 0. The first-order valence-electron chi connectivity index (χ1n) is 6.79. The van der Waals surface area contributed by atoms with Crippen molar-refractivity contribution in [1.82, 2.24) is 0 Å². The average molecular weight is 276 g/mol. The smallest absolute Gasteiger partial charge is 0.307 e. The van der Waals surface area contributed by atoms with Crippen molar-refractivity contribution in [3.8, 4) is 0 Å². The Morgan fingerprint density at radius 3 is 2.85 bits per heavy atom. The van der Waals surface area contributed by atoms with Crippen LogP contribution >= 0.6 is 0 Å². The summed E-state index contributed by atoms with van der Waals surface area (Å²) in [6.45, 7) is 1.89. The number of amides is 1. The molecule has 1 fully saturated rings. The van der Waals surface area contributed by atoms with E-state index in [9.17, 15) is 9.59 Å². The molecule has 0 radical (unpaired) electrons. The molecule has 0 spiro atoms. The lowest BCUT2D eigenvalue weighted by Crippen LogP contribution is -2.44. The van der Waals surface area contributed by atoms with Crippen LogP contribution in [0.4, 0.5) is 5.69 Å². The molecule has 2 atom stereocenters. The summed E-state index contributed by atoms with van der Waals surface area (Å²) in [5.41, 5.74) is 6.77. The van der Waals surface area contributed by atoms with Crippen LogP contribution in [-0.2, 0) is 16.0 Å². The first-order chi connectivity index (χ1) is 9.41. The molecule has 5 heteroatoms. The van der Waals surface area contributed by atoms with Crippen molar-refractivity contribution in [1.29, 1.82) is 0 Å². The Labute approximate surface area is 118 Å². The van der Waals surface area contributed by atoms with Crippen molar-refractivity contribution >= 4 is 17.6 Å². The Balaban J connectivity index is 2.10. The van der Waals surface area contributed by atoms with Crippen LogP contribution in [0.1, 0.15) is 31.7 Å². The zero-order valence-electron chi connectivity index (χ0n) is 11.6. The molecule has 1 aliphatic carbocycles. The van der Waals surface area contributed by atoms with Crippen molar-refractivity contribution < 1.29 is 14.7 Å². The van der Waals surface area contributed by atoms with Gasteiger partial charge in [0.2, 0.25) is 5.91 Å². The Morgan fingerprint density at radius 2 is 2.25 bits per heavy atom. The van der Waals surface area contributed by atoms with E-state index in [1.54, 1.807) is 24.3 Å². The summed E-state index contributed by atoms with van der Waals surface area (Å²) in [6.07, 6.45) is 2.56. The van der Waals surface area contributed by atoms with E-state index < -0.39 is 11.4 Å². The van der Waals surface area contributed by atoms with Crippen molar-refractivity contribution in [2.75, 3.05) is 5.32 Å². The fraction of sp³-hybridized carbons (Fsp3) is 0.467. The van der Waals surface area contributed by atoms with Gasteiger partial charge in [-0.25, -0.2) is 0 Å². The second-order valence-corrected chi connectivity index (χ2v) is 5.64. The summed E-state index contributed by atoms with van der Waals surface area (Å²) in [5, 5.41) is 11.6. The number of hydrogen-bond acceptors (Lipinski definition) is 3. The van der Waals surface area contributed by atoms with Crippen LogP contribution in [0.5, 0.6) is 0 Å². The number of anilines is 1. The van der Waals surface area contributed by atoms with Crippen LogP contribution in [0.25, 0.3) is 0 Å². The van der Waals surface area contributed by atoms with E-state index in [1.165, 1.54) is 0 Å². The molecule has 0 aliphatic heterocycles. The summed E-state index contributed by atoms with van der Waals surface area (Å²) in [4.78, 5) is 23.1. The lowest BCUT2D eigenvalue weighted by molar-refractivity contribution is -0.136. The van der Waals surface area contributed by atoms with E-state index in [1.807, 2.05) is 6.92 Å². The molecule has 0 saturated heterocycles. The molecule has 1 aromatic carbocycles. The van der Waals surface area contributed by atoms with Gasteiger partial charge in [0.1, 0.15) is 0 Å². The molecule has 20 heavy (non-hydrogen) atoms. The lowest BCUT2D eigenvalue weighted by atomic mass is 9.84. The van der Waals surface area contributed by atoms with Crippen LogP contribution in [0.2, 0.25) is 0 Å². The van der Waals surface area contributed by atoms with Crippen LogP contribution < -0.4 is 11.1 Å². The topological polar surface area (TPSA) is 92.4 Å². The van der Waals surface area contributed by atoms with Gasteiger partial charge in [0, 0.05) is 11.7 Å². The highest BCUT2D eigenvalue weighted by molar-refractivity contribution is 5.96. The quantitative estimate of drug-likeness (QED) is 0.781. The predicted molar refractivity (Wildman–Crippen MR) is 76.3 cm³/mol. The molecule has 0 bridgehead atoms. The first kappa shape index (κ1) is 14.5. The van der Waals surface area contributed by atoms with Gasteiger partial charge in [-0.3, -0.25) is 9.59 Å². The van der Waals surface area contributed by atoms with Gasteiger partial charge < -0.3 is 16.2 Å². The number of nitrogens with one attached hydrogen (secondary N) is 1. The molecule has 1 aliphatic rings. The number of carboxylic acids is 1. The second-order valence-electron chi connectivity index (χ2n) is 5.64. The predicted octanol–water partition coefficient (Wildman–Crippen LogP) is 1.77. The zero-order valence-corrected chi connectivity index (χ0v) is 11.6. The van der Waals surface area contributed by atoms with Gasteiger partial charge in [-0.15, -0.1) is 0 Å². The third-order valence-corrected chi connectivity index (χ3v) is 4.09. The Kier molecular flexibility index (Phi) is 4.09. The first-order valence-corrected chi connectivity index (χ1v) is 6.79. The highest BCUT2D eigenvalue weighted by atomic mass is 16.4. The Hall–Kier alpha value is -1.88. The van der Waals surface area contributed by atoms with E-state index in [-0.39, 0.29) is 18.4 Å². The molecular formula is C15H20N2O3. The number of hydrogen-bond donors (Lipinski definition) is 3. The van der Waals surface area contributed by atoms with Gasteiger partial charge >= 0.3 is 5.97 Å². The molecule has 5 nitrogen and oxygen atoms in total. The van der Waals surface area contributed by atoms with Crippen molar-refractivity contribution in [3.05, 3.63) is 29.8 Å². The maximum absolute atomic E-state index is 12.4. The van der Waals surface area contributed by atoms with Crippen LogP contribution in [-0.4, -0.2) is 23.0 Å². The van der Waals surface area contributed by atoms with Gasteiger partial charge in [0.15, 0.2) is 0 Å². The average Bonchev–Trinajstić information content (AvgIpc) is 2.70. The van der Waals surface area contributed by atoms with Crippen molar-refractivity contribution in [2.45, 2.75) is 38.6 Å². The fourth-order valence-corrected chi connectivity index (χ4v) is 2.68. The number of carboxylic acid groups (broad SMARTS) is 1. The fourth-order valence-electron chi connectivity index (χ4n) is 2.68. The molecule has 1 amide bonds. The zero-order chi connectivity index (χ0) is 14.8. The maximum Gasteiger partial charge on any atom is 0.307 e. The number of benzene rings is 1. The van der Waals surface area contributed by atoms with Crippen LogP contribution in [0.15, 0.2) is 24.3 Å². The summed E-state index contributed by atoms with van der Waals surface area (Å²) in [5.74, 6) is -0.978. The van der Waals surface area contributed by atoms with Crippen molar-refractivity contribution in [2.24, 2.45) is 11.1 Å². The Bertz CT molecular complexity index is 530. The molecular weight excluding hydrogens is 256 g/mol. The van der Waals surface area contributed by atoms with Crippen LogP contribution in [0, 0.1) is 5.41 Å². The molecule has 1 saturated carbocycles.